The Kier molecular flexibility index (Phi) is 2.71. The van der Waals surface area contributed by atoms with E-state index >= 15 is 0 Å². The molecule has 1 N–H and O–H groups in total. The molecule has 92 valence electrons. The molecular formula is C12H13N5S. The molecular weight excluding hydrogens is 246 g/mol. The zero-order chi connectivity index (χ0) is 12.5. The van der Waals surface area contributed by atoms with Crippen LogP contribution in [0.25, 0.3) is 5.65 Å². The molecule has 0 radical (unpaired) electrons. The molecule has 1 unspecified atom stereocenters. The van der Waals surface area contributed by atoms with Gasteiger partial charge in [0.15, 0.2) is 5.82 Å². The molecule has 0 saturated heterocycles. The molecule has 0 aromatic carbocycles. The lowest BCUT2D eigenvalue weighted by molar-refractivity contribution is 0.893. The Morgan fingerprint density at radius 3 is 3.06 bits per heavy atom. The van der Waals surface area contributed by atoms with E-state index in [-0.39, 0.29) is 6.04 Å². The fraction of sp³-hybridized carbons (Fsp3) is 0.250. The molecule has 18 heavy (non-hydrogen) atoms. The summed E-state index contributed by atoms with van der Waals surface area (Å²) in [7, 11) is 0. The monoisotopic (exact) mass is 259 g/mol. The van der Waals surface area contributed by atoms with Crippen LogP contribution >= 0.6 is 11.3 Å². The Balaban J connectivity index is 1.90. The van der Waals surface area contributed by atoms with Gasteiger partial charge in [0.2, 0.25) is 5.65 Å². The van der Waals surface area contributed by atoms with Crippen LogP contribution < -0.4 is 5.32 Å². The SMILES string of the molecule is Cc1ccc(C(C)Nc2nccn3cnnc23)s1. The van der Waals surface area contributed by atoms with Gasteiger partial charge >= 0.3 is 0 Å². The summed E-state index contributed by atoms with van der Waals surface area (Å²) in [6.45, 7) is 4.23. The minimum Gasteiger partial charge on any atom is -0.360 e. The highest BCUT2D eigenvalue weighted by Gasteiger charge is 2.11. The van der Waals surface area contributed by atoms with Gasteiger partial charge in [-0.3, -0.25) is 4.40 Å². The van der Waals surface area contributed by atoms with Crippen LogP contribution in [-0.2, 0) is 0 Å². The van der Waals surface area contributed by atoms with Crippen LogP contribution in [0.1, 0.15) is 22.7 Å². The molecule has 1 atom stereocenters. The Morgan fingerprint density at radius 2 is 2.28 bits per heavy atom. The number of thiophene rings is 1. The highest BCUT2D eigenvalue weighted by molar-refractivity contribution is 7.12. The summed E-state index contributed by atoms with van der Waals surface area (Å²) in [5, 5.41) is 11.3. The lowest BCUT2D eigenvalue weighted by Gasteiger charge is -2.12. The Labute approximate surface area is 109 Å². The normalized spacial score (nSPS) is 12.8. The molecule has 3 heterocycles. The average Bonchev–Trinajstić information content (AvgIpc) is 2.97. The summed E-state index contributed by atoms with van der Waals surface area (Å²) in [4.78, 5) is 6.92. The van der Waals surface area contributed by atoms with E-state index in [0.717, 1.165) is 11.5 Å². The second-order valence-electron chi connectivity index (χ2n) is 4.15. The molecule has 5 nitrogen and oxygen atoms in total. The lowest BCUT2D eigenvalue weighted by atomic mass is 10.3. The van der Waals surface area contributed by atoms with Crippen molar-refractivity contribution in [1.82, 2.24) is 19.6 Å². The third kappa shape index (κ3) is 1.95. The van der Waals surface area contributed by atoms with Gasteiger partial charge in [0.05, 0.1) is 6.04 Å². The fourth-order valence-corrected chi connectivity index (χ4v) is 2.70. The maximum atomic E-state index is 4.32. The number of nitrogens with zero attached hydrogens (tertiary/aromatic N) is 4. The second kappa shape index (κ2) is 4.38. The van der Waals surface area contributed by atoms with Gasteiger partial charge in [0.1, 0.15) is 6.33 Å². The molecule has 0 aliphatic heterocycles. The molecule has 0 saturated carbocycles. The molecule has 3 aromatic heterocycles. The summed E-state index contributed by atoms with van der Waals surface area (Å²) >= 11 is 1.79. The molecule has 6 heteroatoms. The van der Waals surface area contributed by atoms with E-state index < -0.39 is 0 Å². The number of anilines is 1. The number of hydrogen-bond acceptors (Lipinski definition) is 5. The Bertz CT molecular complexity index is 672. The number of aromatic nitrogens is 4. The molecule has 3 rings (SSSR count). The average molecular weight is 259 g/mol. The molecule has 0 fully saturated rings. The van der Waals surface area contributed by atoms with Crippen LogP contribution in [0.2, 0.25) is 0 Å². The van der Waals surface area contributed by atoms with Crippen molar-refractivity contribution in [3.05, 3.63) is 40.6 Å². The molecule has 0 amide bonds. The largest absolute Gasteiger partial charge is 0.360 e. The maximum Gasteiger partial charge on any atom is 0.203 e. The van der Waals surface area contributed by atoms with Crippen LogP contribution in [0.15, 0.2) is 30.9 Å². The quantitative estimate of drug-likeness (QED) is 0.785. The zero-order valence-electron chi connectivity index (χ0n) is 10.2. The number of aryl methyl sites for hydroxylation is 1. The fourth-order valence-electron chi connectivity index (χ4n) is 1.82. The number of rotatable bonds is 3. The van der Waals surface area contributed by atoms with Crippen molar-refractivity contribution >= 4 is 22.8 Å². The first kappa shape index (κ1) is 11.2. The van der Waals surface area contributed by atoms with Crippen LogP contribution in [0.3, 0.4) is 0 Å². The third-order valence-electron chi connectivity index (χ3n) is 2.76. The smallest absolute Gasteiger partial charge is 0.203 e. The first-order chi connectivity index (χ1) is 8.74. The van der Waals surface area contributed by atoms with Gasteiger partial charge in [0, 0.05) is 22.1 Å². The summed E-state index contributed by atoms with van der Waals surface area (Å²) in [5.41, 5.74) is 0.748. The van der Waals surface area contributed by atoms with E-state index in [1.54, 1.807) is 23.9 Å². The van der Waals surface area contributed by atoms with Crippen molar-refractivity contribution in [2.24, 2.45) is 0 Å². The van der Waals surface area contributed by atoms with Crippen molar-refractivity contribution in [2.45, 2.75) is 19.9 Å². The summed E-state index contributed by atoms with van der Waals surface area (Å²) in [5.74, 6) is 0.758. The van der Waals surface area contributed by atoms with Crippen LogP contribution in [0, 0.1) is 6.92 Å². The van der Waals surface area contributed by atoms with Gasteiger partial charge in [-0.1, -0.05) is 0 Å². The molecule has 0 aliphatic carbocycles. The number of hydrogen-bond donors (Lipinski definition) is 1. The first-order valence-corrected chi connectivity index (χ1v) is 6.53. The standard InChI is InChI=1S/C12H13N5S/c1-8-3-4-10(18-8)9(2)15-11-12-16-14-7-17(12)6-5-13-11/h3-7,9H,1-2H3,(H,13,15). The van der Waals surface area contributed by atoms with Crippen molar-refractivity contribution in [3.63, 3.8) is 0 Å². The summed E-state index contributed by atoms with van der Waals surface area (Å²) < 4.78 is 1.85. The van der Waals surface area contributed by atoms with Gasteiger partial charge < -0.3 is 5.32 Å². The van der Waals surface area contributed by atoms with Crippen LogP contribution in [0.5, 0.6) is 0 Å². The Morgan fingerprint density at radius 1 is 1.39 bits per heavy atom. The number of fused-ring (bicyclic) bond motifs is 1. The highest BCUT2D eigenvalue weighted by Crippen LogP contribution is 2.25. The minimum atomic E-state index is 0.208. The Hall–Kier alpha value is -1.95. The first-order valence-electron chi connectivity index (χ1n) is 5.71. The van der Waals surface area contributed by atoms with Gasteiger partial charge in [-0.05, 0) is 26.0 Å². The lowest BCUT2D eigenvalue weighted by Crippen LogP contribution is -2.07. The summed E-state index contributed by atoms with van der Waals surface area (Å²) in [6.07, 6.45) is 5.24. The van der Waals surface area contributed by atoms with Crippen LogP contribution in [0.4, 0.5) is 5.82 Å². The van der Waals surface area contributed by atoms with Gasteiger partial charge in [-0.15, -0.1) is 21.5 Å². The van der Waals surface area contributed by atoms with E-state index in [4.69, 9.17) is 0 Å². The highest BCUT2D eigenvalue weighted by atomic mass is 32.1. The van der Waals surface area contributed by atoms with E-state index in [0.29, 0.717) is 0 Å². The molecule has 0 aliphatic rings. The molecule has 3 aromatic rings. The molecule has 0 spiro atoms. The van der Waals surface area contributed by atoms with Crippen LogP contribution in [-0.4, -0.2) is 19.6 Å². The summed E-state index contributed by atoms with van der Waals surface area (Å²) in [6, 6.07) is 4.48. The number of nitrogens with one attached hydrogen (secondary N) is 1. The third-order valence-corrected chi connectivity index (χ3v) is 3.94. The van der Waals surface area contributed by atoms with Crippen molar-refractivity contribution in [1.29, 1.82) is 0 Å². The van der Waals surface area contributed by atoms with Crippen molar-refractivity contribution in [3.8, 4) is 0 Å². The van der Waals surface area contributed by atoms with Crippen molar-refractivity contribution < 1.29 is 0 Å². The van der Waals surface area contributed by atoms with E-state index in [2.05, 4.69) is 46.5 Å². The van der Waals surface area contributed by atoms with Gasteiger partial charge in [-0.25, -0.2) is 4.98 Å². The van der Waals surface area contributed by atoms with Gasteiger partial charge in [-0.2, -0.15) is 0 Å². The van der Waals surface area contributed by atoms with E-state index in [1.807, 2.05) is 10.6 Å². The minimum absolute atomic E-state index is 0.208. The predicted octanol–water partition coefficient (Wildman–Crippen LogP) is 2.67. The molecule has 0 bridgehead atoms. The zero-order valence-corrected chi connectivity index (χ0v) is 11.0. The topological polar surface area (TPSA) is 55.1 Å². The maximum absolute atomic E-state index is 4.32. The predicted molar refractivity (Wildman–Crippen MR) is 71.9 cm³/mol. The van der Waals surface area contributed by atoms with E-state index in [1.165, 1.54) is 9.75 Å². The van der Waals surface area contributed by atoms with Gasteiger partial charge in [0.25, 0.3) is 0 Å². The van der Waals surface area contributed by atoms with E-state index in [9.17, 15) is 0 Å². The van der Waals surface area contributed by atoms with Crippen molar-refractivity contribution in [2.75, 3.05) is 5.32 Å². The second-order valence-corrected chi connectivity index (χ2v) is 5.47.